The van der Waals surface area contributed by atoms with Crippen LogP contribution >= 0.6 is 39.0 Å². The number of hydrogen-bond donors (Lipinski definition) is 0. The molecule has 0 aliphatic heterocycles. The van der Waals surface area contributed by atoms with Crippen molar-refractivity contribution in [1.82, 2.24) is 4.98 Å². The Kier molecular flexibility index (Phi) is 5.25. The zero-order valence-electron chi connectivity index (χ0n) is 12.0. The summed E-state index contributed by atoms with van der Waals surface area (Å²) in [4.78, 5) is 28.5. The van der Waals surface area contributed by atoms with Gasteiger partial charge < -0.3 is 0 Å². The normalized spacial score (nSPS) is 10.8. The molecule has 0 atom stereocenters. The number of aromatic nitrogens is 1. The van der Waals surface area contributed by atoms with E-state index in [4.69, 9.17) is 0 Å². The fourth-order valence-electron chi connectivity index (χ4n) is 2.02. The molecule has 1 aromatic heterocycles. The third kappa shape index (κ3) is 4.28. The van der Waals surface area contributed by atoms with Crippen molar-refractivity contribution < 1.29 is 9.59 Å². The number of thiazole rings is 1. The molecule has 0 amide bonds. The molecule has 0 radical (unpaired) electrons. The minimum absolute atomic E-state index is 0.0699. The summed E-state index contributed by atoms with van der Waals surface area (Å²) >= 11 is 6.28. The maximum absolute atomic E-state index is 12.1. The molecule has 2 aromatic carbocycles. The van der Waals surface area contributed by atoms with Gasteiger partial charge in [0.25, 0.3) is 0 Å². The lowest BCUT2D eigenvalue weighted by Crippen LogP contribution is -2.10. The molecule has 3 aromatic rings. The van der Waals surface area contributed by atoms with Gasteiger partial charge >= 0.3 is 0 Å². The van der Waals surface area contributed by atoms with Crippen molar-refractivity contribution in [3.63, 3.8) is 0 Å². The van der Waals surface area contributed by atoms with E-state index in [1.54, 1.807) is 35.6 Å². The Morgan fingerprint density at radius 1 is 1.09 bits per heavy atom. The van der Waals surface area contributed by atoms with Gasteiger partial charge in [-0.3, -0.25) is 9.59 Å². The molecule has 0 saturated carbocycles. The topological polar surface area (TPSA) is 47.0 Å². The first kappa shape index (κ1) is 16.4. The number of carbonyl (C=O) groups is 2. The van der Waals surface area contributed by atoms with E-state index >= 15 is 0 Å². The summed E-state index contributed by atoms with van der Waals surface area (Å²) < 4.78 is 2.87. The minimum Gasteiger partial charge on any atom is -0.298 e. The monoisotopic (exact) mass is 405 g/mol. The Labute approximate surface area is 150 Å². The number of thioether (sulfide) groups is 1. The number of ketones is 2. The number of para-hydroxylation sites is 1. The minimum atomic E-state index is -0.146. The van der Waals surface area contributed by atoms with Crippen LogP contribution < -0.4 is 0 Å². The maximum Gasteiger partial charge on any atom is 0.170 e. The molecule has 0 saturated heterocycles. The highest BCUT2D eigenvalue weighted by Gasteiger charge is 2.13. The lowest BCUT2D eigenvalue weighted by Gasteiger charge is -2.00. The highest BCUT2D eigenvalue weighted by molar-refractivity contribution is 9.10. The lowest BCUT2D eigenvalue weighted by atomic mass is 10.1. The lowest BCUT2D eigenvalue weighted by molar-refractivity contribution is -0.115. The molecule has 1 heterocycles. The second kappa shape index (κ2) is 7.38. The van der Waals surface area contributed by atoms with Gasteiger partial charge in [-0.25, -0.2) is 4.98 Å². The van der Waals surface area contributed by atoms with E-state index in [-0.39, 0.29) is 23.7 Å². The largest absolute Gasteiger partial charge is 0.298 e. The zero-order valence-corrected chi connectivity index (χ0v) is 15.2. The van der Waals surface area contributed by atoms with Crippen LogP contribution in [0.1, 0.15) is 16.8 Å². The van der Waals surface area contributed by atoms with Gasteiger partial charge in [0.15, 0.2) is 15.9 Å². The number of hydrogen-bond acceptors (Lipinski definition) is 5. The van der Waals surface area contributed by atoms with Crippen molar-refractivity contribution in [2.75, 3.05) is 5.75 Å². The number of halogens is 1. The van der Waals surface area contributed by atoms with E-state index in [1.807, 2.05) is 24.3 Å². The Morgan fingerprint density at radius 2 is 1.83 bits per heavy atom. The third-order valence-electron chi connectivity index (χ3n) is 3.15. The van der Waals surface area contributed by atoms with Crippen molar-refractivity contribution >= 4 is 60.8 Å². The molecular weight excluding hydrogens is 394 g/mol. The van der Waals surface area contributed by atoms with Gasteiger partial charge in [0.1, 0.15) is 0 Å². The molecule has 23 heavy (non-hydrogen) atoms. The van der Waals surface area contributed by atoms with Gasteiger partial charge in [-0.15, -0.1) is 11.3 Å². The first-order valence-electron chi connectivity index (χ1n) is 6.90. The maximum atomic E-state index is 12.1. The molecule has 116 valence electrons. The number of carbonyl (C=O) groups excluding carboxylic acids is 2. The van der Waals surface area contributed by atoms with Gasteiger partial charge in [0.05, 0.1) is 22.4 Å². The Hall–Kier alpha value is -1.50. The molecule has 6 heteroatoms. The average Bonchev–Trinajstić information content (AvgIpc) is 2.96. The molecule has 3 rings (SSSR count). The zero-order chi connectivity index (χ0) is 16.2. The van der Waals surface area contributed by atoms with Crippen LogP contribution in [-0.4, -0.2) is 22.3 Å². The quantitative estimate of drug-likeness (QED) is 0.329. The van der Waals surface area contributed by atoms with E-state index < -0.39 is 0 Å². The van der Waals surface area contributed by atoms with Crippen LogP contribution in [0, 0.1) is 0 Å². The first-order chi connectivity index (χ1) is 11.1. The smallest absolute Gasteiger partial charge is 0.170 e. The van der Waals surface area contributed by atoms with Crippen molar-refractivity contribution in [1.29, 1.82) is 0 Å². The van der Waals surface area contributed by atoms with Crippen LogP contribution in [0.5, 0.6) is 0 Å². The average molecular weight is 406 g/mol. The second-order valence-electron chi connectivity index (χ2n) is 4.88. The SMILES string of the molecule is O=C(CSc1nc2ccccc2s1)CC(=O)c1ccc(Br)cc1. The van der Waals surface area contributed by atoms with Crippen LogP contribution in [0.25, 0.3) is 10.2 Å². The van der Waals surface area contributed by atoms with E-state index in [0.717, 1.165) is 19.0 Å². The van der Waals surface area contributed by atoms with Crippen LogP contribution in [0.15, 0.2) is 57.3 Å². The first-order valence-corrected chi connectivity index (χ1v) is 9.50. The molecular formula is C17H12BrNO2S2. The summed E-state index contributed by atoms with van der Waals surface area (Å²) in [5.74, 6) is 0.0387. The summed E-state index contributed by atoms with van der Waals surface area (Å²) in [7, 11) is 0. The number of rotatable bonds is 6. The Morgan fingerprint density at radius 3 is 2.57 bits per heavy atom. The molecule has 0 bridgehead atoms. The van der Waals surface area contributed by atoms with E-state index in [9.17, 15) is 9.59 Å². The molecule has 0 unspecified atom stereocenters. The molecule has 3 nitrogen and oxygen atoms in total. The molecule has 0 aliphatic carbocycles. The van der Waals surface area contributed by atoms with E-state index in [2.05, 4.69) is 20.9 Å². The van der Waals surface area contributed by atoms with Crippen molar-refractivity contribution in [2.24, 2.45) is 0 Å². The second-order valence-corrected chi connectivity index (χ2v) is 8.05. The number of nitrogens with zero attached hydrogens (tertiary/aromatic N) is 1. The van der Waals surface area contributed by atoms with Crippen LogP contribution in [-0.2, 0) is 4.79 Å². The highest BCUT2D eigenvalue weighted by atomic mass is 79.9. The highest BCUT2D eigenvalue weighted by Crippen LogP contribution is 2.29. The molecule has 0 fully saturated rings. The summed E-state index contributed by atoms with van der Waals surface area (Å²) in [6.45, 7) is 0. The van der Waals surface area contributed by atoms with E-state index in [1.165, 1.54) is 11.8 Å². The fraction of sp³-hybridized carbons (Fsp3) is 0.118. The third-order valence-corrected chi connectivity index (χ3v) is 5.92. The van der Waals surface area contributed by atoms with Crippen LogP contribution in [0.3, 0.4) is 0 Å². The van der Waals surface area contributed by atoms with Crippen molar-refractivity contribution in [2.45, 2.75) is 10.8 Å². The molecule has 0 N–H and O–H groups in total. The number of benzene rings is 2. The fourth-order valence-corrected chi connectivity index (χ4v) is 4.22. The van der Waals surface area contributed by atoms with Crippen molar-refractivity contribution in [3.8, 4) is 0 Å². The van der Waals surface area contributed by atoms with Gasteiger partial charge in [-0.2, -0.15) is 0 Å². The molecule has 0 aliphatic rings. The van der Waals surface area contributed by atoms with Crippen LogP contribution in [0.2, 0.25) is 0 Å². The van der Waals surface area contributed by atoms with Gasteiger partial charge in [0.2, 0.25) is 0 Å². The van der Waals surface area contributed by atoms with Crippen molar-refractivity contribution in [3.05, 3.63) is 58.6 Å². The van der Waals surface area contributed by atoms with Gasteiger partial charge in [0, 0.05) is 10.0 Å². The number of Topliss-reactive ketones (excluding diaryl/α,β-unsaturated/α-hetero) is 2. The summed E-state index contributed by atoms with van der Waals surface area (Å²) in [6.07, 6.45) is -0.0699. The summed E-state index contributed by atoms with van der Waals surface area (Å²) in [5, 5.41) is 0. The summed E-state index contributed by atoms with van der Waals surface area (Å²) in [5.41, 5.74) is 1.50. The van der Waals surface area contributed by atoms with Gasteiger partial charge in [-0.05, 0) is 24.3 Å². The predicted molar refractivity (Wildman–Crippen MR) is 98.4 cm³/mol. The van der Waals surface area contributed by atoms with E-state index in [0.29, 0.717) is 5.56 Å². The Balaban J connectivity index is 1.56. The predicted octanol–water partition coefficient (Wildman–Crippen LogP) is 4.99. The van der Waals surface area contributed by atoms with Gasteiger partial charge in [-0.1, -0.05) is 52.0 Å². The van der Waals surface area contributed by atoms with Crippen LogP contribution in [0.4, 0.5) is 0 Å². The summed E-state index contributed by atoms with van der Waals surface area (Å²) in [6, 6.07) is 14.9. The standard InChI is InChI=1S/C17H12BrNO2S2/c18-12-7-5-11(6-8-12)15(21)9-13(20)10-22-17-19-14-3-1-2-4-16(14)23-17/h1-8H,9-10H2. The molecule has 0 spiro atoms. The Bertz CT molecular complexity index is 825. The number of fused-ring (bicyclic) bond motifs is 1.